The minimum atomic E-state index is -0.573. The van der Waals surface area contributed by atoms with Crippen LogP contribution in [0.3, 0.4) is 0 Å². The minimum absolute atomic E-state index is 0.00971. The summed E-state index contributed by atoms with van der Waals surface area (Å²) in [5.74, 6) is -0.899. The summed E-state index contributed by atoms with van der Waals surface area (Å²) in [7, 11) is 0. The van der Waals surface area contributed by atoms with E-state index in [4.69, 9.17) is 5.26 Å². The average Bonchev–Trinajstić information content (AvgIpc) is 3.09. The molecule has 7 nitrogen and oxygen atoms in total. The Kier molecular flexibility index (Phi) is 3.76. The van der Waals surface area contributed by atoms with Gasteiger partial charge in [0.1, 0.15) is 29.6 Å². The van der Waals surface area contributed by atoms with Gasteiger partial charge in [-0.2, -0.15) is 5.26 Å². The third-order valence-corrected chi connectivity index (χ3v) is 2.88. The van der Waals surface area contributed by atoms with Crippen molar-refractivity contribution in [3.8, 4) is 12.0 Å². The summed E-state index contributed by atoms with van der Waals surface area (Å²) in [5, 5.41) is 11.6. The van der Waals surface area contributed by atoms with Crippen LogP contribution in [-0.4, -0.2) is 25.4 Å². The van der Waals surface area contributed by atoms with E-state index >= 15 is 0 Å². The second-order valence-corrected chi connectivity index (χ2v) is 4.48. The molecular formula is C15H9FN6O. The maximum Gasteiger partial charge on any atom is 0.274 e. The lowest BCUT2D eigenvalue weighted by Gasteiger charge is -2.07. The van der Waals surface area contributed by atoms with Crippen molar-refractivity contribution in [3.63, 3.8) is 0 Å². The molecule has 3 aromatic rings. The Balaban J connectivity index is 1.94. The average molecular weight is 308 g/mol. The number of hydrogen-bond donors (Lipinski definition) is 1. The lowest BCUT2D eigenvalue weighted by Crippen LogP contribution is -2.16. The predicted molar refractivity (Wildman–Crippen MR) is 78.2 cm³/mol. The summed E-state index contributed by atoms with van der Waals surface area (Å²) in [4.78, 5) is 24.2. The smallest absolute Gasteiger partial charge is 0.274 e. The summed E-state index contributed by atoms with van der Waals surface area (Å²) >= 11 is 0. The van der Waals surface area contributed by atoms with Crippen LogP contribution in [0.25, 0.3) is 5.95 Å². The number of hydrogen-bond acceptors (Lipinski definition) is 5. The summed E-state index contributed by atoms with van der Waals surface area (Å²) in [5.41, 5.74) is 0.314. The van der Waals surface area contributed by atoms with Gasteiger partial charge >= 0.3 is 0 Å². The molecule has 0 atom stereocenters. The van der Waals surface area contributed by atoms with Crippen LogP contribution in [0.4, 0.5) is 10.1 Å². The molecule has 0 bridgehead atoms. The van der Waals surface area contributed by atoms with E-state index in [1.54, 1.807) is 12.3 Å². The van der Waals surface area contributed by atoms with Crippen molar-refractivity contribution in [2.24, 2.45) is 0 Å². The Morgan fingerprint density at radius 2 is 2.17 bits per heavy atom. The zero-order valence-corrected chi connectivity index (χ0v) is 11.6. The van der Waals surface area contributed by atoms with Crippen LogP contribution in [0.5, 0.6) is 0 Å². The topological polar surface area (TPSA) is 96.5 Å². The van der Waals surface area contributed by atoms with E-state index < -0.39 is 11.7 Å². The second kappa shape index (κ2) is 6.03. The molecular weight excluding hydrogens is 299 g/mol. The summed E-state index contributed by atoms with van der Waals surface area (Å²) in [6.07, 6.45) is 4.56. The number of nitrogens with zero attached hydrogens (tertiary/aromatic N) is 5. The van der Waals surface area contributed by atoms with E-state index in [1.807, 2.05) is 6.07 Å². The van der Waals surface area contributed by atoms with E-state index in [0.717, 1.165) is 0 Å². The van der Waals surface area contributed by atoms with Crippen LogP contribution in [0.15, 0.2) is 49.1 Å². The number of rotatable bonds is 3. The van der Waals surface area contributed by atoms with Gasteiger partial charge in [-0.1, -0.05) is 6.07 Å². The van der Waals surface area contributed by atoms with Gasteiger partial charge in [0.15, 0.2) is 0 Å². The first-order chi connectivity index (χ1) is 11.2. The third-order valence-electron chi connectivity index (χ3n) is 2.88. The molecule has 8 heteroatoms. The van der Waals surface area contributed by atoms with Gasteiger partial charge in [-0.05, 0) is 18.2 Å². The standard InChI is InChI=1S/C15H9FN6O/c16-10-2-1-3-11(6-10)19-14(23)13-7-12(8-17)20-15(21-13)22-5-4-18-9-22/h1-7,9H,(H,19,23). The summed E-state index contributed by atoms with van der Waals surface area (Å²) in [6.45, 7) is 0. The fourth-order valence-electron chi connectivity index (χ4n) is 1.86. The molecule has 23 heavy (non-hydrogen) atoms. The lowest BCUT2D eigenvalue weighted by molar-refractivity contribution is 0.102. The van der Waals surface area contributed by atoms with Gasteiger partial charge in [0, 0.05) is 24.1 Å². The minimum Gasteiger partial charge on any atom is -0.321 e. The van der Waals surface area contributed by atoms with Gasteiger partial charge in [-0.15, -0.1) is 0 Å². The quantitative estimate of drug-likeness (QED) is 0.797. The van der Waals surface area contributed by atoms with Crippen molar-refractivity contribution in [1.82, 2.24) is 19.5 Å². The fraction of sp³-hybridized carbons (Fsp3) is 0. The molecule has 112 valence electrons. The number of aromatic nitrogens is 4. The van der Waals surface area contributed by atoms with Crippen LogP contribution < -0.4 is 5.32 Å². The number of carbonyl (C=O) groups excluding carboxylic acids is 1. The molecule has 0 unspecified atom stereocenters. The van der Waals surface area contributed by atoms with Crippen molar-refractivity contribution < 1.29 is 9.18 Å². The molecule has 0 aliphatic carbocycles. The molecule has 2 heterocycles. The van der Waals surface area contributed by atoms with Gasteiger partial charge in [-0.3, -0.25) is 9.36 Å². The molecule has 2 aromatic heterocycles. The summed E-state index contributed by atoms with van der Waals surface area (Å²) < 4.78 is 14.6. The Labute approximate surface area is 130 Å². The summed E-state index contributed by atoms with van der Waals surface area (Å²) in [6, 6.07) is 8.60. The first-order valence-electron chi connectivity index (χ1n) is 6.50. The Bertz CT molecular complexity index is 901. The molecule has 1 N–H and O–H groups in total. The van der Waals surface area contributed by atoms with Crippen molar-refractivity contribution in [1.29, 1.82) is 5.26 Å². The van der Waals surface area contributed by atoms with Gasteiger partial charge in [-0.25, -0.2) is 19.3 Å². The molecule has 0 saturated carbocycles. The lowest BCUT2D eigenvalue weighted by atomic mass is 10.2. The number of amides is 1. The Hall–Kier alpha value is -3.60. The number of anilines is 1. The number of benzene rings is 1. The molecule has 0 aliphatic rings. The van der Waals surface area contributed by atoms with Crippen molar-refractivity contribution in [2.75, 3.05) is 5.32 Å². The maximum absolute atomic E-state index is 13.2. The molecule has 0 spiro atoms. The number of carbonyl (C=O) groups is 1. The van der Waals surface area contributed by atoms with E-state index in [9.17, 15) is 9.18 Å². The zero-order chi connectivity index (χ0) is 16.2. The van der Waals surface area contributed by atoms with Crippen LogP contribution >= 0.6 is 0 Å². The highest BCUT2D eigenvalue weighted by molar-refractivity contribution is 6.03. The SMILES string of the molecule is N#Cc1cc(C(=O)Nc2cccc(F)c2)nc(-n2ccnc2)n1. The van der Waals surface area contributed by atoms with Crippen LogP contribution in [-0.2, 0) is 0 Å². The van der Waals surface area contributed by atoms with E-state index in [2.05, 4.69) is 20.3 Å². The number of nitriles is 1. The first kappa shape index (κ1) is 14.3. The Morgan fingerprint density at radius 1 is 1.30 bits per heavy atom. The fourth-order valence-corrected chi connectivity index (χ4v) is 1.86. The molecule has 3 rings (SSSR count). The van der Waals surface area contributed by atoms with Gasteiger partial charge in [0.25, 0.3) is 5.91 Å². The first-order valence-corrected chi connectivity index (χ1v) is 6.50. The molecule has 0 aliphatic heterocycles. The predicted octanol–water partition coefficient (Wildman–Crippen LogP) is 1.93. The van der Waals surface area contributed by atoms with Gasteiger partial charge in [0.05, 0.1) is 0 Å². The maximum atomic E-state index is 13.2. The Morgan fingerprint density at radius 3 is 2.87 bits per heavy atom. The van der Waals surface area contributed by atoms with E-state index in [-0.39, 0.29) is 23.0 Å². The molecule has 0 radical (unpaired) electrons. The molecule has 0 fully saturated rings. The van der Waals surface area contributed by atoms with E-state index in [0.29, 0.717) is 0 Å². The van der Waals surface area contributed by atoms with Crippen molar-refractivity contribution >= 4 is 11.6 Å². The number of imidazole rings is 1. The monoisotopic (exact) mass is 308 g/mol. The molecule has 1 amide bonds. The van der Waals surface area contributed by atoms with Crippen LogP contribution in [0, 0.1) is 17.1 Å². The normalized spacial score (nSPS) is 10.1. The number of nitrogens with one attached hydrogen (secondary N) is 1. The molecule has 0 saturated heterocycles. The van der Waals surface area contributed by atoms with Crippen LogP contribution in [0.1, 0.15) is 16.2 Å². The molecule has 1 aromatic carbocycles. The third kappa shape index (κ3) is 3.19. The zero-order valence-electron chi connectivity index (χ0n) is 11.6. The highest BCUT2D eigenvalue weighted by Crippen LogP contribution is 2.12. The van der Waals surface area contributed by atoms with Gasteiger partial charge in [0.2, 0.25) is 5.95 Å². The number of halogens is 1. The van der Waals surface area contributed by atoms with Gasteiger partial charge < -0.3 is 5.32 Å². The highest BCUT2D eigenvalue weighted by atomic mass is 19.1. The van der Waals surface area contributed by atoms with Crippen molar-refractivity contribution in [3.05, 3.63) is 66.3 Å². The largest absolute Gasteiger partial charge is 0.321 e. The van der Waals surface area contributed by atoms with Crippen molar-refractivity contribution in [2.45, 2.75) is 0 Å². The highest BCUT2D eigenvalue weighted by Gasteiger charge is 2.13. The van der Waals surface area contributed by atoms with E-state index in [1.165, 1.54) is 41.4 Å². The van der Waals surface area contributed by atoms with Crippen LogP contribution in [0.2, 0.25) is 0 Å². The second-order valence-electron chi connectivity index (χ2n) is 4.48.